The van der Waals surface area contributed by atoms with Crippen LogP contribution in [0.4, 0.5) is 0 Å². The smallest absolute Gasteiger partial charge is 0.0829 e. The Morgan fingerprint density at radius 1 is 1.30 bits per heavy atom. The van der Waals surface area contributed by atoms with Crippen LogP contribution in [0.25, 0.3) is 0 Å². The zero-order valence-electron chi connectivity index (χ0n) is 12.1. The summed E-state index contributed by atoms with van der Waals surface area (Å²) in [5.74, 6) is 0.385. The highest BCUT2D eigenvalue weighted by atomic mass is 35.5. The maximum Gasteiger partial charge on any atom is 0.0829 e. The summed E-state index contributed by atoms with van der Waals surface area (Å²) in [4.78, 5) is 1.22. The van der Waals surface area contributed by atoms with Gasteiger partial charge in [0, 0.05) is 11.1 Å². The third kappa shape index (κ3) is 3.57. The van der Waals surface area contributed by atoms with E-state index < -0.39 is 0 Å². The van der Waals surface area contributed by atoms with Gasteiger partial charge in [-0.25, -0.2) is 0 Å². The van der Waals surface area contributed by atoms with Gasteiger partial charge < -0.3 is 5.32 Å². The minimum atomic E-state index is 0.220. The molecule has 0 radical (unpaired) electrons. The van der Waals surface area contributed by atoms with E-state index in [0.29, 0.717) is 5.92 Å². The summed E-state index contributed by atoms with van der Waals surface area (Å²) in [6, 6.07) is 8.22. The van der Waals surface area contributed by atoms with Crippen molar-refractivity contribution >= 4 is 23.1 Å². The molecular weight excluding hydrogens is 290 g/mol. The zero-order valence-corrected chi connectivity index (χ0v) is 13.6. The summed E-state index contributed by atoms with van der Waals surface area (Å²) >= 11 is 7.76. The molecule has 5 heteroatoms. The highest BCUT2D eigenvalue weighted by Crippen LogP contribution is 2.30. The number of halogens is 1. The van der Waals surface area contributed by atoms with Gasteiger partial charge >= 0.3 is 0 Å². The standard InChI is InChI=1S/C15H20ClN3S/c1-4-17-13(9-11-7-5-6-8-12(11)16)15-14(10(2)3)18-19-20-15/h5-8,10,13,17H,4,9H2,1-3H3. The molecule has 0 spiro atoms. The Balaban J connectivity index is 2.27. The van der Waals surface area contributed by atoms with Crippen molar-refractivity contribution in [1.82, 2.24) is 14.9 Å². The Kier molecular flexibility index (Phi) is 5.52. The fourth-order valence-corrected chi connectivity index (χ4v) is 3.33. The van der Waals surface area contributed by atoms with Gasteiger partial charge in [-0.3, -0.25) is 0 Å². The topological polar surface area (TPSA) is 37.8 Å². The first-order valence-electron chi connectivity index (χ1n) is 6.92. The Morgan fingerprint density at radius 3 is 2.70 bits per heavy atom. The second-order valence-corrected chi connectivity index (χ2v) is 6.28. The van der Waals surface area contributed by atoms with E-state index in [1.165, 1.54) is 16.4 Å². The average molecular weight is 310 g/mol. The molecule has 20 heavy (non-hydrogen) atoms. The third-order valence-corrected chi connectivity index (χ3v) is 4.46. The number of benzene rings is 1. The summed E-state index contributed by atoms with van der Waals surface area (Å²) in [5, 5.41) is 8.62. The van der Waals surface area contributed by atoms with Gasteiger partial charge in [-0.1, -0.05) is 55.1 Å². The number of aromatic nitrogens is 2. The van der Waals surface area contributed by atoms with Gasteiger partial charge in [-0.2, -0.15) is 0 Å². The van der Waals surface area contributed by atoms with Crippen LogP contribution >= 0.6 is 23.1 Å². The molecule has 1 atom stereocenters. The largest absolute Gasteiger partial charge is 0.309 e. The van der Waals surface area contributed by atoms with Crippen LogP contribution in [0.1, 0.15) is 48.9 Å². The molecule has 3 nitrogen and oxygen atoms in total. The van der Waals surface area contributed by atoms with Crippen molar-refractivity contribution in [2.45, 2.75) is 39.2 Å². The maximum atomic E-state index is 6.28. The van der Waals surface area contributed by atoms with E-state index in [1.54, 1.807) is 0 Å². The van der Waals surface area contributed by atoms with Crippen LogP contribution in [-0.2, 0) is 6.42 Å². The lowest BCUT2D eigenvalue weighted by Gasteiger charge is -2.18. The number of hydrogen-bond donors (Lipinski definition) is 1. The molecule has 2 rings (SSSR count). The van der Waals surface area contributed by atoms with Crippen LogP contribution in [0.3, 0.4) is 0 Å². The van der Waals surface area contributed by atoms with Gasteiger partial charge in [0.05, 0.1) is 10.6 Å². The average Bonchev–Trinajstić information content (AvgIpc) is 2.90. The molecule has 1 N–H and O–H groups in total. The lowest BCUT2D eigenvalue weighted by atomic mass is 10.00. The van der Waals surface area contributed by atoms with Gasteiger partial charge in [0.2, 0.25) is 0 Å². The monoisotopic (exact) mass is 309 g/mol. The summed E-state index contributed by atoms with van der Waals surface area (Å²) < 4.78 is 4.13. The molecule has 108 valence electrons. The number of likely N-dealkylation sites (N-methyl/N-ethyl adjacent to an activating group) is 1. The molecule has 1 aromatic heterocycles. The van der Waals surface area contributed by atoms with Crippen LogP contribution in [-0.4, -0.2) is 16.1 Å². The first kappa shape index (κ1) is 15.4. The molecule has 1 heterocycles. The molecule has 0 saturated heterocycles. The van der Waals surface area contributed by atoms with Crippen LogP contribution in [0.15, 0.2) is 24.3 Å². The highest BCUT2D eigenvalue weighted by Gasteiger charge is 2.21. The molecule has 0 fully saturated rings. The number of hydrogen-bond acceptors (Lipinski definition) is 4. The van der Waals surface area contributed by atoms with Crippen molar-refractivity contribution < 1.29 is 0 Å². The first-order valence-corrected chi connectivity index (χ1v) is 8.07. The van der Waals surface area contributed by atoms with E-state index in [4.69, 9.17) is 11.6 Å². The summed E-state index contributed by atoms with van der Waals surface area (Å²) in [6.07, 6.45) is 0.858. The summed E-state index contributed by atoms with van der Waals surface area (Å²) in [7, 11) is 0. The van der Waals surface area contributed by atoms with E-state index in [2.05, 4.69) is 41.7 Å². The van der Waals surface area contributed by atoms with Crippen molar-refractivity contribution in [3.8, 4) is 0 Å². The van der Waals surface area contributed by atoms with Crippen LogP contribution in [0.2, 0.25) is 5.02 Å². The molecule has 0 amide bonds. The Morgan fingerprint density at radius 2 is 2.05 bits per heavy atom. The molecule has 0 bridgehead atoms. The van der Waals surface area contributed by atoms with Crippen LogP contribution < -0.4 is 5.32 Å². The second kappa shape index (κ2) is 7.16. The molecule has 0 aliphatic rings. The predicted molar refractivity (Wildman–Crippen MR) is 85.6 cm³/mol. The molecule has 1 unspecified atom stereocenters. The Labute approximate surface area is 129 Å². The second-order valence-electron chi connectivity index (χ2n) is 5.08. The normalized spacial score (nSPS) is 12.8. The molecule has 0 saturated carbocycles. The van der Waals surface area contributed by atoms with Crippen molar-refractivity contribution in [3.05, 3.63) is 45.4 Å². The number of rotatable bonds is 6. The molecule has 2 aromatic rings. The van der Waals surface area contributed by atoms with E-state index in [9.17, 15) is 0 Å². The highest BCUT2D eigenvalue weighted by molar-refractivity contribution is 7.05. The maximum absolute atomic E-state index is 6.28. The number of nitrogens with one attached hydrogen (secondary N) is 1. The van der Waals surface area contributed by atoms with E-state index in [0.717, 1.165) is 29.2 Å². The fourth-order valence-electron chi connectivity index (χ4n) is 2.23. The van der Waals surface area contributed by atoms with Crippen molar-refractivity contribution in [1.29, 1.82) is 0 Å². The van der Waals surface area contributed by atoms with E-state index in [-0.39, 0.29) is 6.04 Å². The lowest BCUT2D eigenvalue weighted by molar-refractivity contribution is 0.549. The van der Waals surface area contributed by atoms with Crippen LogP contribution in [0.5, 0.6) is 0 Å². The third-order valence-electron chi connectivity index (χ3n) is 3.24. The van der Waals surface area contributed by atoms with Crippen molar-refractivity contribution in [2.24, 2.45) is 0 Å². The first-order chi connectivity index (χ1) is 9.63. The minimum absolute atomic E-state index is 0.220. The molecule has 0 aliphatic carbocycles. The Hall–Kier alpha value is -0.970. The van der Waals surface area contributed by atoms with Gasteiger partial charge in [0.1, 0.15) is 0 Å². The molecule has 0 aliphatic heterocycles. The zero-order chi connectivity index (χ0) is 14.5. The van der Waals surface area contributed by atoms with E-state index >= 15 is 0 Å². The molecular formula is C15H20ClN3S. The predicted octanol–water partition coefficient (Wildman–Crippen LogP) is 4.21. The van der Waals surface area contributed by atoms with Gasteiger partial charge in [0.25, 0.3) is 0 Å². The van der Waals surface area contributed by atoms with Gasteiger partial charge in [-0.05, 0) is 42.0 Å². The summed E-state index contributed by atoms with van der Waals surface area (Å²) in [6.45, 7) is 7.32. The van der Waals surface area contributed by atoms with Crippen molar-refractivity contribution in [2.75, 3.05) is 6.54 Å². The minimum Gasteiger partial charge on any atom is -0.309 e. The van der Waals surface area contributed by atoms with E-state index in [1.807, 2.05) is 18.2 Å². The van der Waals surface area contributed by atoms with Crippen LogP contribution in [0, 0.1) is 0 Å². The fraction of sp³-hybridized carbons (Fsp3) is 0.467. The quantitative estimate of drug-likeness (QED) is 0.868. The summed E-state index contributed by atoms with van der Waals surface area (Å²) in [5.41, 5.74) is 2.25. The Bertz CT molecular complexity index is 554. The van der Waals surface area contributed by atoms with Gasteiger partial charge in [0.15, 0.2) is 0 Å². The van der Waals surface area contributed by atoms with Gasteiger partial charge in [-0.15, -0.1) is 5.10 Å². The lowest BCUT2D eigenvalue weighted by Crippen LogP contribution is -2.23. The SMILES string of the molecule is CCNC(Cc1ccccc1Cl)c1snnc1C(C)C. The van der Waals surface area contributed by atoms with Crippen molar-refractivity contribution in [3.63, 3.8) is 0 Å². The number of nitrogens with zero attached hydrogens (tertiary/aromatic N) is 2. The molecule has 1 aromatic carbocycles.